The second kappa shape index (κ2) is 6.76. The summed E-state index contributed by atoms with van der Waals surface area (Å²) in [7, 11) is 0. The van der Waals surface area contributed by atoms with Gasteiger partial charge in [-0.3, -0.25) is 5.21 Å². The monoisotopic (exact) mass is 292 g/mol. The molecule has 1 N–H and O–H groups in total. The van der Waals surface area contributed by atoms with E-state index in [-0.39, 0.29) is 0 Å². The van der Waals surface area contributed by atoms with Crippen molar-refractivity contribution in [2.24, 2.45) is 16.1 Å². The Morgan fingerprint density at radius 3 is 2.65 bits per heavy atom. The van der Waals surface area contributed by atoms with Gasteiger partial charge in [0, 0.05) is 19.3 Å². The Labute approximate surface area is 124 Å². The van der Waals surface area contributed by atoms with Crippen molar-refractivity contribution in [1.29, 1.82) is 0 Å². The van der Waals surface area contributed by atoms with E-state index in [1.807, 2.05) is 6.08 Å². The van der Waals surface area contributed by atoms with Crippen LogP contribution in [0, 0.1) is 5.92 Å². The fraction of sp³-hybridized carbons (Fsp3) is 0.500. The Hall–Kier alpha value is -1.53. The van der Waals surface area contributed by atoms with Gasteiger partial charge in [-0.05, 0) is 50.1 Å². The zero-order valence-electron chi connectivity index (χ0n) is 11.9. The number of hydroxylamine groups is 2. The minimum atomic E-state index is 0.525. The summed E-state index contributed by atoms with van der Waals surface area (Å²) in [4.78, 5) is 2.09. The van der Waals surface area contributed by atoms with Crippen molar-refractivity contribution in [2.45, 2.75) is 26.7 Å². The molecular weight excluding hydrogens is 272 g/mol. The summed E-state index contributed by atoms with van der Waals surface area (Å²) in [6, 6.07) is 0. The van der Waals surface area contributed by atoms with Crippen molar-refractivity contribution in [3.63, 3.8) is 0 Å². The molecule has 0 aromatic carbocycles. The van der Waals surface area contributed by atoms with Gasteiger partial charge < -0.3 is 4.90 Å². The maximum atomic E-state index is 9.67. The van der Waals surface area contributed by atoms with Gasteiger partial charge in [0.1, 0.15) is 0 Å². The summed E-state index contributed by atoms with van der Waals surface area (Å²) in [5.74, 6) is 0.761. The maximum absolute atomic E-state index is 9.67. The first kappa shape index (κ1) is 14.9. The highest BCUT2D eigenvalue weighted by atomic mass is 32.1. The van der Waals surface area contributed by atoms with Crippen LogP contribution in [-0.4, -0.2) is 33.4 Å². The average Bonchev–Trinajstić information content (AvgIpc) is 2.45. The topological polar surface area (TPSA) is 51.4 Å². The molecule has 0 atom stereocenters. The number of likely N-dealkylation sites (tertiary alicyclic amines) is 1. The van der Waals surface area contributed by atoms with Crippen LogP contribution < -0.4 is 0 Å². The van der Waals surface area contributed by atoms with Crippen LogP contribution in [0.15, 0.2) is 46.1 Å². The molecular formula is C14H20N4OS. The molecule has 2 aliphatic rings. The molecule has 1 saturated heterocycles. The SMILES string of the molecule is C/C(N=NC(=S)N1CCC(C)CC1)=C1\C=CC=CN1O. The Morgan fingerprint density at radius 2 is 2.00 bits per heavy atom. The van der Waals surface area contributed by atoms with Crippen LogP contribution in [0.1, 0.15) is 26.7 Å². The zero-order valence-corrected chi connectivity index (χ0v) is 12.7. The summed E-state index contributed by atoms with van der Waals surface area (Å²) in [6.07, 6.45) is 9.21. The number of hydrogen-bond donors (Lipinski definition) is 1. The summed E-state index contributed by atoms with van der Waals surface area (Å²) in [5.41, 5.74) is 1.23. The van der Waals surface area contributed by atoms with E-state index in [9.17, 15) is 5.21 Å². The number of hydrogen-bond acceptors (Lipinski definition) is 4. The highest BCUT2D eigenvalue weighted by molar-refractivity contribution is 7.80. The molecule has 0 saturated carbocycles. The number of azo groups is 1. The highest BCUT2D eigenvalue weighted by Gasteiger charge is 2.17. The number of thiocarbonyl (C=S) groups is 1. The van der Waals surface area contributed by atoms with E-state index in [1.165, 1.54) is 0 Å². The fourth-order valence-electron chi connectivity index (χ4n) is 2.15. The third kappa shape index (κ3) is 3.74. The lowest BCUT2D eigenvalue weighted by Gasteiger charge is -2.30. The molecule has 1 fully saturated rings. The molecule has 6 heteroatoms. The van der Waals surface area contributed by atoms with Gasteiger partial charge in [0.15, 0.2) is 0 Å². The molecule has 0 amide bonds. The van der Waals surface area contributed by atoms with E-state index in [2.05, 4.69) is 22.1 Å². The third-order valence-corrected chi connectivity index (χ3v) is 3.89. The minimum Gasteiger partial charge on any atom is -0.346 e. The second-order valence-electron chi connectivity index (χ2n) is 5.17. The first-order valence-corrected chi connectivity index (χ1v) is 7.23. The van der Waals surface area contributed by atoms with E-state index < -0.39 is 0 Å². The van der Waals surface area contributed by atoms with Gasteiger partial charge in [0.05, 0.1) is 11.4 Å². The summed E-state index contributed by atoms with van der Waals surface area (Å²) in [6.45, 7) is 5.95. The van der Waals surface area contributed by atoms with E-state index >= 15 is 0 Å². The second-order valence-corrected chi connectivity index (χ2v) is 5.53. The van der Waals surface area contributed by atoms with Crippen LogP contribution in [0.3, 0.4) is 0 Å². The van der Waals surface area contributed by atoms with Crippen LogP contribution in [0.2, 0.25) is 0 Å². The Bertz CT molecular complexity index is 487. The smallest absolute Gasteiger partial charge is 0.216 e. The molecule has 20 heavy (non-hydrogen) atoms. The Kier molecular flexibility index (Phi) is 5.03. The Balaban J connectivity index is 1.98. The molecule has 108 valence electrons. The molecule has 2 aliphatic heterocycles. The Morgan fingerprint density at radius 1 is 1.30 bits per heavy atom. The summed E-state index contributed by atoms with van der Waals surface area (Å²) in [5, 5.41) is 19.5. The number of nitrogens with zero attached hydrogens (tertiary/aromatic N) is 4. The van der Waals surface area contributed by atoms with E-state index in [4.69, 9.17) is 12.2 Å². The zero-order chi connectivity index (χ0) is 14.5. The van der Waals surface area contributed by atoms with Gasteiger partial charge in [-0.15, -0.1) is 5.11 Å². The quantitative estimate of drug-likeness (QED) is 0.594. The van der Waals surface area contributed by atoms with Gasteiger partial charge in [0.25, 0.3) is 0 Å². The van der Waals surface area contributed by atoms with Gasteiger partial charge in [-0.2, -0.15) is 5.11 Å². The molecule has 0 aromatic rings. The van der Waals surface area contributed by atoms with E-state index in [0.29, 0.717) is 16.5 Å². The van der Waals surface area contributed by atoms with Crippen LogP contribution >= 0.6 is 12.2 Å². The number of piperidine rings is 1. The van der Waals surface area contributed by atoms with E-state index in [1.54, 1.807) is 25.3 Å². The third-order valence-electron chi connectivity index (χ3n) is 3.55. The molecule has 5 nitrogen and oxygen atoms in total. The standard InChI is InChI=1S/C14H20N4OS/c1-11-6-9-17(10-7-11)14(20)16-15-12(2)13-5-3-4-8-18(13)19/h3-5,8,11,19H,6-7,9-10H2,1-2H3/b13-12-,16-15?. The molecule has 0 radical (unpaired) electrons. The van der Waals surface area contributed by atoms with Crippen molar-refractivity contribution < 1.29 is 5.21 Å². The fourth-order valence-corrected chi connectivity index (χ4v) is 2.38. The molecule has 0 unspecified atom stereocenters. The molecule has 2 heterocycles. The van der Waals surface area contributed by atoms with Crippen LogP contribution in [-0.2, 0) is 0 Å². The predicted octanol–water partition coefficient (Wildman–Crippen LogP) is 3.46. The number of rotatable bonds is 1. The molecule has 0 bridgehead atoms. The first-order chi connectivity index (χ1) is 9.58. The van der Waals surface area contributed by atoms with Crippen LogP contribution in [0.25, 0.3) is 0 Å². The van der Waals surface area contributed by atoms with E-state index in [0.717, 1.165) is 36.9 Å². The maximum Gasteiger partial charge on any atom is 0.216 e. The van der Waals surface area contributed by atoms with Crippen molar-refractivity contribution >= 4 is 17.3 Å². The molecule has 2 rings (SSSR count). The summed E-state index contributed by atoms with van der Waals surface area (Å²) >= 11 is 5.30. The molecule has 0 aromatic heterocycles. The lowest BCUT2D eigenvalue weighted by atomic mass is 10.00. The van der Waals surface area contributed by atoms with Crippen molar-refractivity contribution in [3.05, 3.63) is 35.8 Å². The number of allylic oxidation sites excluding steroid dienone is 4. The minimum absolute atomic E-state index is 0.525. The molecule has 0 aliphatic carbocycles. The lowest BCUT2D eigenvalue weighted by Crippen LogP contribution is -2.35. The van der Waals surface area contributed by atoms with Crippen LogP contribution in [0.5, 0.6) is 0 Å². The predicted molar refractivity (Wildman–Crippen MR) is 82.0 cm³/mol. The van der Waals surface area contributed by atoms with Crippen molar-refractivity contribution in [2.75, 3.05) is 13.1 Å². The van der Waals surface area contributed by atoms with Gasteiger partial charge in [-0.25, -0.2) is 5.06 Å². The average molecular weight is 292 g/mol. The van der Waals surface area contributed by atoms with Crippen molar-refractivity contribution in [3.8, 4) is 0 Å². The van der Waals surface area contributed by atoms with Crippen LogP contribution in [0.4, 0.5) is 0 Å². The lowest BCUT2D eigenvalue weighted by molar-refractivity contribution is -0.00149. The van der Waals surface area contributed by atoms with Crippen molar-refractivity contribution in [1.82, 2.24) is 9.96 Å². The highest BCUT2D eigenvalue weighted by Crippen LogP contribution is 2.18. The normalized spacial score (nSPS) is 22.8. The van der Waals surface area contributed by atoms with Gasteiger partial charge in [-0.1, -0.05) is 13.0 Å². The largest absolute Gasteiger partial charge is 0.346 e. The first-order valence-electron chi connectivity index (χ1n) is 6.82. The van der Waals surface area contributed by atoms with Gasteiger partial charge >= 0.3 is 0 Å². The summed E-state index contributed by atoms with van der Waals surface area (Å²) < 4.78 is 0. The van der Waals surface area contributed by atoms with Gasteiger partial charge in [0.2, 0.25) is 5.11 Å². The molecule has 0 spiro atoms.